The molecule has 2 aromatic rings. The Morgan fingerprint density at radius 1 is 1.24 bits per heavy atom. The van der Waals surface area contributed by atoms with Crippen molar-refractivity contribution in [3.8, 4) is 0 Å². The Morgan fingerprint density at radius 2 is 1.97 bits per heavy atom. The molecular weight excluding hydrogens is 412 g/mol. The topological polar surface area (TPSA) is 92.8 Å². The van der Waals surface area contributed by atoms with Gasteiger partial charge in [-0.1, -0.05) is 6.07 Å². The molecule has 1 aliphatic carbocycles. The maximum Gasteiger partial charge on any atom is 0.341 e. The summed E-state index contributed by atoms with van der Waals surface area (Å²) < 4.78 is 29.9. The third-order valence-electron chi connectivity index (χ3n) is 4.85. The Bertz CT molecular complexity index is 1040. The van der Waals surface area contributed by atoms with E-state index in [9.17, 15) is 18.0 Å². The van der Waals surface area contributed by atoms with Crippen LogP contribution in [-0.2, 0) is 27.6 Å². The molecule has 1 aromatic carbocycles. The van der Waals surface area contributed by atoms with Gasteiger partial charge in [-0.05, 0) is 56.4 Å². The van der Waals surface area contributed by atoms with Crippen molar-refractivity contribution in [3.05, 3.63) is 45.8 Å². The van der Waals surface area contributed by atoms with Crippen molar-refractivity contribution >= 4 is 43.9 Å². The van der Waals surface area contributed by atoms with Crippen molar-refractivity contribution in [2.24, 2.45) is 0 Å². The normalized spacial score (nSPS) is 13.5. The molecular formula is C20H24N2O5S2. The summed E-state index contributed by atoms with van der Waals surface area (Å²) in [5, 5.41) is 3.33. The number of hydrogen-bond donors (Lipinski definition) is 1. The molecule has 3 rings (SSSR count). The number of benzene rings is 1. The van der Waals surface area contributed by atoms with Crippen LogP contribution in [0.5, 0.6) is 0 Å². The number of sulfonamides is 1. The van der Waals surface area contributed by atoms with E-state index in [-0.39, 0.29) is 6.61 Å². The zero-order valence-electron chi connectivity index (χ0n) is 16.6. The first kappa shape index (κ1) is 21.3. The highest BCUT2D eigenvalue weighted by Gasteiger charge is 2.27. The van der Waals surface area contributed by atoms with Crippen molar-refractivity contribution in [1.82, 2.24) is 0 Å². The van der Waals surface area contributed by atoms with Crippen LogP contribution in [0, 0.1) is 0 Å². The highest BCUT2D eigenvalue weighted by atomic mass is 32.2. The van der Waals surface area contributed by atoms with Crippen LogP contribution in [0.2, 0.25) is 0 Å². The molecule has 7 nitrogen and oxygen atoms in total. The Balaban J connectivity index is 1.92. The summed E-state index contributed by atoms with van der Waals surface area (Å²) in [6.07, 6.45) is 4.84. The summed E-state index contributed by atoms with van der Waals surface area (Å²) in [7, 11) is -2.01. The third-order valence-corrected chi connectivity index (χ3v) is 7.26. The number of thiophene rings is 1. The van der Waals surface area contributed by atoms with Crippen LogP contribution in [0.1, 0.15) is 50.9 Å². The highest BCUT2D eigenvalue weighted by Crippen LogP contribution is 2.38. The van der Waals surface area contributed by atoms with Gasteiger partial charge >= 0.3 is 5.97 Å². The number of nitrogens with zero attached hydrogens (tertiary/aromatic N) is 1. The van der Waals surface area contributed by atoms with E-state index in [4.69, 9.17) is 4.74 Å². The van der Waals surface area contributed by atoms with E-state index >= 15 is 0 Å². The lowest BCUT2D eigenvalue weighted by atomic mass is 9.95. The van der Waals surface area contributed by atoms with E-state index < -0.39 is 21.9 Å². The van der Waals surface area contributed by atoms with E-state index in [0.717, 1.165) is 46.7 Å². The first-order valence-corrected chi connectivity index (χ1v) is 12.1. The van der Waals surface area contributed by atoms with Gasteiger partial charge in [0.15, 0.2) is 0 Å². The Morgan fingerprint density at radius 3 is 2.66 bits per heavy atom. The van der Waals surface area contributed by atoms with Crippen LogP contribution in [0.4, 0.5) is 10.7 Å². The van der Waals surface area contributed by atoms with Gasteiger partial charge in [0.2, 0.25) is 10.0 Å². The molecule has 0 fully saturated rings. The van der Waals surface area contributed by atoms with Gasteiger partial charge in [-0.15, -0.1) is 11.3 Å². The average Bonchev–Trinajstić information content (AvgIpc) is 3.04. The summed E-state index contributed by atoms with van der Waals surface area (Å²) >= 11 is 1.41. The summed E-state index contributed by atoms with van der Waals surface area (Å²) in [5.41, 5.74) is 2.11. The Kier molecular flexibility index (Phi) is 6.28. The van der Waals surface area contributed by atoms with Gasteiger partial charge in [0, 0.05) is 17.5 Å². The minimum absolute atomic E-state index is 0.261. The maximum absolute atomic E-state index is 12.9. The number of aryl methyl sites for hydroxylation is 1. The monoisotopic (exact) mass is 436 g/mol. The number of ether oxygens (including phenoxy) is 1. The van der Waals surface area contributed by atoms with Gasteiger partial charge in [0.25, 0.3) is 5.91 Å². The third kappa shape index (κ3) is 4.62. The molecule has 1 N–H and O–H groups in total. The molecule has 0 aliphatic heterocycles. The van der Waals surface area contributed by atoms with Gasteiger partial charge < -0.3 is 10.1 Å². The number of nitrogens with one attached hydrogen (secondary N) is 1. The zero-order chi connectivity index (χ0) is 21.2. The summed E-state index contributed by atoms with van der Waals surface area (Å²) in [6.45, 7) is 2.01. The van der Waals surface area contributed by atoms with Crippen LogP contribution >= 0.6 is 11.3 Å². The molecule has 0 saturated carbocycles. The van der Waals surface area contributed by atoms with Crippen LogP contribution in [0.15, 0.2) is 24.3 Å². The van der Waals surface area contributed by atoms with Gasteiger partial charge in [-0.25, -0.2) is 13.2 Å². The second kappa shape index (κ2) is 8.54. The fourth-order valence-electron chi connectivity index (χ4n) is 3.28. The Hall–Kier alpha value is -2.39. The molecule has 0 bridgehead atoms. The predicted octanol–water partition coefficient (Wildman–Crippen LogP) is 3.45. The molecule has 0 radical (unpaired) electrons. The number of anilines is 2. The SMILES string of the molecule is CCOC(=O)c1c(NC(=O)c2cccc(N(C)S(C)(=O)=O)c2)sc2c1CCCC2. The van der Waals surface area contributed by atoms with Crippen molar-refractivity contribution < 1.29 is 22.7 Å². The molecule has 1 aromatic heterocycles. The smallest absolute Gasteiger partial charge is 0.341 e. The molecule has 29 heavy (non-hydrogen) atoms. The molecule has 156 valence electrons. The molecule has 0 unspecified atom stereocenters. The molecule has 0 saturated heterocycles. The largest absolute Gasteiger partial charge is 0.462 e. The molecule has 1 amide bonds. The van der Waals surface area contributed by atoms with Crippen molar-refractivity contribution in [1.29, 1.82) is 0 Å². The van der Waals surface area contributed by atoms with Gasteiger partial charge in [0.1, 0.15) is 5.00 Å². The lowest BCUT2D eigenvalue weighted by molar-refractivity contribution is 0.0526. The number of rotatable bonds is 6. The number of carbonyl (C=O) groups excluding carboxylic acids is 2. The van der Waals surface area contributed by atoms with Crippen LogP contribution < -0.4 is 9.62 Å². The Labute approximate surface area is 174 Å². The number of fused-ring (bicyclic) bond motifs is 1. The lowest BCUT2D eigenvalue weighted by Gasteiger charge is -2.17. The quantitative estimate of drug-likeness (QED) is 0.700. The van der Waals surface area contributed by atoms with E-state index in [1.807, 2.05) is 0 Å². The average molecular weight is 437 g/mol. The van der Waals surface area contributed by atoms with Crippen LogP contribution in [0.3, 0.4) is 0 Å². The standard InChI is InChI=1S/C20H24N2O5S2/c1-4-27-20(24)17-15-10-5-6-11-16(15)28-19(17)21-18(23)13-8-7-9-14(12-13)22(2)29(3,25)26/h7-9,12H,4-6,10-11H2,1-3H3,(H,21,23). The minimum atomic E-state index is -3.44. The fourth-order valence-corrected chi connectivity index (χ4v) is 5.05. The van der Waals surface area contributed by atoms with E-state index in [2.05, 4.69) is 5.32 Å². The molecule has 0 atom stereocenters. The predicted molar refractivity (Wildman–Crippen MR) is 115 cm³/mol. The minimum Gasteiger partial charge on any atom is -0.462 e. The molecule has 9 heteroatoms. The second-order valence-corrected chi connectivity index (χ2v) is 9.99. The molecule has 0 spiro atoms. The zero-order valence-corrected chi connectivity index (χ0v) is 18.3. The van der Waals surface area contributed by atoms with Gasteiger partial charge in [-0.2, -0.15) is 0 Å². The number of amides is 1. The van der Waals surface area contributed by atoms with Crippen molar-refractivity contribution in [2.45, 2.75) is 32.6 Å². The lowest BCUT2D eigenvalue weighted by Crippen LogP contribution is -2.25. The first-order valence-electron chi connectivity index (χ1n) is 9.39. The summed E-state index contributed by atoms with van der Waals surface area (Å²) in [6, 6.07) is 6.35. The second-order valence-electron chi connectivity index (χ2n) is 6.87. The molecule has 1 heterocycles. The van der Waals surface area contributed by atoms with E-state index in [0.29, 0.717) is 21.8 Å². The summed E-state index contributed by atoms with van der Waals surface area (Å²) in [4.78, 5) is 26.5. The van der Waals surface area contributed by atoms with Gasteiger partial charge in [-0.3, -0.25) is 9.10 Å². The highest BCUT2D eigenvalue weighted by molar-refractivity contribution is 7.92. The fraction of sp³-hybridized carbons (Fsp3) is 0.400. The number of hydrogen-bond acceptors (Lipinski definition) is 6. The van der Waals surface area contributed by atoms with E-state index in [1.54, 1.807) is 25.1 Å². The van der Waals surface area contributed by atoms with Gasteiger partial charge in [0.05, 0.1) is 24.1 Å². The van der Waals surface area contributed by atoms with E-state index in [1.165, 1.54) is 24.5 Å². The summed E-state index contributed by atoms with van der Waals surface area (Å²) in [5.74, 6) is -0.828. The first-order chi connectivity index (χ1) is 13.7. The maximum atomic E-state index is 12.9. The van der Waals surface area contributed by atoms with Crippen molar-refractivity contribution in [3.63, 3.8) is 0 Å². The van der Waals surface area contributed by atoms with Crippen molar-refractivity contribution in [2.75, 3.05) is 29.5 Å². The number of esters is 1. The van der Waals surface area contributed by atoms with Crippen LogP contribution in [0.25, 0.3) is 0 Å². The molecule has 1 aliphatic rings. The van der Waals surface area contributed by atoms with Crippen LogP contribution in [-0.4, -0.2) is 40.2 Å². The number of carbonyl (C=O) groups is 2.